The van der Waals surface area contributed by atoms with Crippen LogP contribution in [0.3, 0.4) is 0 Å². The van der Waals surface area contributed by atoms with E-state index in [9.17, 15) is 4.39 Å². The van der Waals surface area contributed by atoms with Crippen LogP contribution in [0.15, 0.2) is 41.1 Å². The van der Waals surface area contributed by atoms with Gasteiger partial charge in [-0.2, -0.15) is 0 Å². The van der Waals surface area contributed by atoms with Gasteiger partial charge in [0.2, 0.25) is 5.89 Å². The summed E-state index contributed by atoms with van der Waals surface area (Å²) < 4.78 is 19.9. The largest absolute Gasteiger partial charge is 0.444 e. The second-order valence-electron chi connectivity index (χ2n) is 4.26. The molecule has 102 valence electrons. The molecule has 2 aromatic heterocycles. The minimum absolute atomic E-state index is 0.294. The van der Waals surface area contributed by atoms with Crippen LogP contribution >= 0.6 is 0 Å². The van der Waals surface area contributed by atoms with E-state index in [2.05, 4.69) is 15.3 Å². The molecule has 0 fully saturated rings. The Bertz CT molecular complexity index is 704. The molecule has 0 bridgehead atoms. The molecule has 20 heavy (non-hydrogen) atoms. The van der Waals surface area contributed by atoms with Crippen LogP contribution in [0.1, 0.15) is 11.4 Å². The van der Waals surface area contributed by atoms with Crippen molar-refractivity contribution in [1.29, 1.82) is 0 Å². The standard InChI is InChI=1S/C13H12FN5O/c14-10-3-1-9(2-4-10)13-16-12(8-20-13)7-19-6-11(5-15)17-18-19/h1-4,6,8H,5,7,15H2. The Labute approximate surface area is 114 Å². The third-order valence-corrected chi connectivity index (χ3v) is 2.76. The number of hydrogen-bond donors (Lipinski definition) is 1. The van der Waals surface area contributed by atoms with Crippen molar-refractivity contribution < 1.29 is 8.81 Å². The van der Waals surface area contributed by atoms with Crippen LogP contribution in [0, 0.1) is 5.82 Å². The number of benzene rings is 1. The van der Waals surface area contributed by atoms with Crippen molar-refractivity contribution in [3.63, 3.8) is 0 Å². The van der Waals surface area contributed by atoms with Crippen LogP contribution in [-0.4, -0.2) is 20.0 Å². The van der Waals surface area contributed by atoms with Gasteiger partial charge in [0, 0.05) is 12.1 Å². The van der Waals surface area contributed by atoms with E-state index in [1.807, 2.05) is 0 Å². The van der Waals surface area contributed by atoms with E-state index in [-0.39, 0.29) is 5.82 Å². The molecule has 2 N–H and O–H groups in total. The summed E-state index contributed by atoms with van der Waals surface area (Å²) >= 11 is 0. The first-order valence-corrected chi connectivity index (χ1v) is 6.04. The van der Waals surface area contributed by atoms with Gasteiger partial charge in [0.05, 0.1) is 18.4 Å². The highest BCUT2D eigenvalue weighted by atomic mass is 19.1. The van der Waals surface area contributed by atoms with E-state index in [0.29, 0.717) is 30.4 Å². The van der Waals surface area contributed by atoms with Crippen LogP contribution in [-0.2, 0) is 13.1 Å². The lowest BCUT2D eigenvalue weighted by atomic mass is 10.2. The highest BCUT2D eigenvalue weighted by molar-refractivity contribution is 5.52. The highest BCUT2D eigenvalue weighted by Gasteiger charge is 2.08. The highest BCUT2D eigenvalue weighted by Crippen LogP contribution is 2.19. The number of rotatable bonds is 4. The summed E-state index contributed by atoms with van der Waals surface area (Å²) in [5.74, 6) is 0.150. The lowest BCUT2D eigenvalue weighted by Gasteiger charge is -1.95. The average molecular weight is 273 g/mol. The van der Waals surface area contributed by atoms with Crippen LogP contribution in [0.4, 0.5) is 4.39 Å². The number of nitrogens with zero attached hydrogens (tertiary/aromatic N) is 4. The molecule has 0 saturated heterocycles. The summed E-state index contributed by atoms with van der Waals surface area (Å²) in [4.78, 5) is 4.33. The molecule has 0 aliphatic rings. The first kappa shape index (κ1) is 12.5. The molecule has 3 aromatic rings. The molecular formula is C13H12FN5O. The molecule has 0 amide bonds. The Hall–Kier alpha value is -2.54. The molecule has 0 aliphatic carbocycles. The predicted molar refractivity (Wildman–Crippen MR) is 68.9 cm³/mol. The fraction of sp³-hybridized carbons (Fsp3) is 0.154. The molecule has 0 spiro atoms. The third kappa shape index (κ3) is 2.57. The molecule has 6 nitrogen and oxygen atoms in total. The molecule has 0 atom stereocenters. The maximum Gasteiger partial charge on any atom is 0.226 e. The summed E-state index contributed by atoms with van der Waals surface area (Å²) in [5, 5.41) is 7.82. The average Bonchev–Trinajstić information content (AvgIpc) is 3.09. The Morgan fingerprint density at radius 3 is 2.70 bits per heavy atom. The summed E-state index contributed by atoms with van der Waals surface area (Å²) in [6, 6.07) is 5.97. The van der Waals surface area contributed by atoms with Gasteiger partial charge in [0.1, 0.15) is 17.8 Å². The normalized spacial score (nSPS) is 10.9. The zero-order chi connectivity index (χ0) is 13.9. The van der Waals surface area contributed by atoms with Gasteiger partial charge in [0.25, 0.3) is 0 Å². The summed E-state index contributed by atoms with van der Waals surface area (Å²) in [6.45, 7) is 0.789. The van der Waals surface area contributed by atoms with Crippen molar-refractivity contribution in [2.24, 2.45) is 5.73 Å². The third-order valence-electron chi connectivity index (χ3n) is 2.76. The summed E-state index contributed by atoms with van der Waals surface area (Å²) in [5.41, 5.74) is 7.61. The van der Waals surface area contributed by atoms with Crippen LogP contribution < -0.4 is 5.73 Å². The van der Waals surface area contributed by atoms with Crippen LogP contribution in [0.25, 0.3) is 11.5 Å². The molecule has 0 radical (unpaired) electrons. The zero-order valence-electron chi connectivity index (χ0n) is 10.5. The lowest BCUT2D eigenvalue weighted by Crippen LogP contribution is -2.00. The minimum Gasteiger partial charge on any atom is -0.444 e. The van der Waals surface area contributed by atoms with Gasteiger partial charge in [-0.25, -0.2) is 14.1 Å². The first-order chi connectivity index (χ1) is 9.74. The van der Waals surface area contributed by atoms with Gasteiger partial charge in [-0.05, 0) is 24.3 Å². The molecule has 1 aromatic carbocycles. The molecule has 2 heterocycles. The Morgan fingerprint density at radius 1 is 1.20 bits per heavy atom. The minimum atomic E-state index is -0.294. The van der Waals surface area contributed by atoms with Crippen molar-refractivity contribution in [1.82, 2.24) is 20.0 Å². The number of halogens is 1. The molecular weight excluding hydrogens is 261 g/mol. The number of nitrogens with two attached hydrogens (primary N) is 1. The monoisotopic (exact) mass is 273 g/mol. The van der Waals surface area contributed by atoms with E-state index in [0.717, 1.165) is 5.56 Å². The van der Waals surface area contributed by atoms with Crippen molar-refractivity contribution >= 4 is 0 Å². The lowest BCUT2D eigenvalue weighted by molar-refractivity contribution is 0.567. The topological polar surface area (TPSA) is 82.8 Å². The van der Waals surface area contributed by atoms with Gasteiger partial charge in [0.15, 0.2) is 0 Å². The van der Waals surface area contributed by atoms with Crippen LogP contribution in [0.2, 0.25) is 0 Å². The number of oxazole rings is 1. The predicted octanol–water partition coefficient (Wildman–Crippen LogP) is 1.58. The van der Waals surface area contributed by atoms with Crippen molar-refractivity contribution in [2.75, 3.05) is 0 Å². The van der Waals surface area contributed by atoms with Gasteiger partial charge in [-0.1, -0.05) is 5.21 Å². The fourth-order valence-electron chi connectivity index (χ4n) is 1.78. The van der Waals surface area contributed by atoms with Crippen molar-refractivity contribution in [2.45, 2.75) is 13.1 Å². The molecule has 0 unspecified atom stereocenters. The quantitative estimate of drug-likeness (QED) is 0.780. The van der Waals surface area contributed by atoms with E-state index in [4.69, 9.17) is 10.2 Å². The van der Waals surface area contributed by atoms with Crippen LogP contribution in [0.5, 0.6) is 0 Å². The van der Waals surface area contributed by atoms with Gasteiger partial charge < -0.3 is 10.2 Å². The second kappa shape index (κ2) is 5.22. The second-order valence-corrected chi connectivity index (χ2v) is 4.26. The molecule has 0 aliphatic heterocycles. The maximum atomic E-state index is 12.9. The van der Waals surface area contributed by atoms with Crippen molar-refractivity contribution in [3.05, 3.63) is 53.9 Å². The number of hydrogen-bond acceptors (Lipinski definition) is 5. The Morgan fingerprint density at radius 2 is 2.00 bits per heavy atom. The van der Waals surface area contributed by atoms with Gasteiger partial charge in [-0.15, -0.1) is 5.10 Å². The number of aromatic nitrogens is 4. The SMILES string of the molecule is NCc1cn(Cc2coc(-c3ccc(F)cc3)n2)nn1. The van der Waals surface area contributed by atoms with E-state index in [1.54, 1.807) is 29.3 Å². The Balaban J connectivity index is 1.78. The van der Waals surface area contributed by atoms with Crippen molar-refractivity contribution in [3.8, 4) is 11.5 Å². The van der Waals surface area contributed by atoms with Gasteiger partial charge >= 0.3 is 0 Å². The molecule has 3 rings (SSSR count). The smallest absolute Gasteiger partial charge is 0.226 e. The zero-order valence-corrected chi connectivity index (χ0v) is 10.5. The van der Waals surface area contributed by atoms with E-state index < -0.39 is 0 Å². The fourth-order valence-corrected chi connectivity index (χ4v) is 1.78. The Kier molecular flexibility index (Phi) is 3.26. The van der Waals surface area contributed by atoms with E-state index >= 15 is 0 Å². The summed E-state index contributed by atoms with van der Waals surface area (Å²) in [6.07, 6.45) is 3.30. The molecule has 7 heteroatoms. The van der Waals surface area contributed by atoms with E-state index in [1.165, 1.54) is 12.1 Å². The maximum absolute atomic E-state index is 12.9. The van der Waals surface area contributed by atoms with Gasteiger partial charge in [-0.3, -0.25) is 0 Å². The summed E-state index contributed by atoms with van der Waals surface area (Å²) in [7, 11) is 0. The molecule has 0 saturated carbocycles. The first-order valence-electron chi connectivity index (χ1n) is 6.04.